The summed E-state index contributed by atoms with van der Waals surface area (Å²) in [6.45, 7) is 4.10. The predicted octanol–water partition coefficient (Wildman–Crippen LogP) is 6.29. The number of hydrogen-bond donors (Lipinski definition) is 0. The van der Waals surface area contributed by atoms with E-state index in [2.05, 4.69) is 18.8 Å². The highest BCUT2D eigenvalue weighted by atomic mass is 19.2. The molecule has 26 heavy (non-hydrogen) atoms. The SMILES string of the molecule is CCCc1ccc(-c2ccc(C#Cc3ccc(C)cc3)c(F)c2F)cc1. The van der Waals surface area contributed by atoms with E-state index in [1.807, 2.05) is 55.5 Å². The van der Waals surface area contributed by atoms with Crippen LogP contribution in [-0.4, -0.2) is 0 Å². The molecular formula is C24H20F2. The maximum Gasteiger partial charge on any atom is 0.175 e. The van der Waals surface area contributed by atoms with E-state index in [-0.39, 0.29) is 11.1 Å². The van der Waals surface area contributed by atoms with Crippen molar-refractivity contribution in [3.63, 3.8) is 0 Å². The van der Waals surface area contributed by atoms with Crippen molar-refractivity contribution in [2.75, 3.05) is 0 Å². The fraction of sp³-hybridized carbons (Fsp3) is 0.167. The summed E-state index contributed by atoms with van der Waals surface area (Å²) in [7, 11) is 0. The molecule has 0 aromatic heterocycles. The summed E-state index contributed by atoms with van der Waals surface area (Å²) >= 11 is 0. The van der Waals surface area contributed by atoms with Gasteiger partial charge in [-0.1, -0.05) is 67.1 Å². The highest BCUT2D eigenvalue weighted by molar-refractivity contribution is 5.66. The number of rotatable bonds is 3. The first-order valence-electron chi connectivity index (χ1n) is 8.74. The zero-order valence-electron chi connectivity index (χ0n) is 14.9. The molecule has 0 bridgehead atoms. The van der Waals surface area contributed by atoms with E-state index < -0.39 is 11.6 Å². The Morgan fingerprint density at radius 2 is 1.46 bits per heavy atom. The van der Waals surface area contributed by atoms with E-state index >= 15 is 0 Å². The monoisotopic (exact) mass is 346 g/mol. The summed E-state index contributed by atoms with van der Waals surface area (Å²) in [6, 6.07) is 18.3. The number of hydrogen-bond acceptors (Lipinski definition) is 0. The van der Waals surface area contributed by atoms with E-state index in [1.165, 1.54) is 11.6 Å². The molecule has 0 aliphatic carbocycles. The van der Waals surface area contributed by atoms with Crippen LogP contribution in [0.15, 0.2) is 60.7 Å². The molecule has 0 nitrogen and oxygen atoms in total. The van der Waals surface area contributed by atoms with E-state index in [0.717, 1.165) is 24.0 Å². The van der Waals surface area contributed by atoms with Gasteiger partial charge in [-0.15, -0.1) is 0 Å². The van der Waals surface area contributed by atoms with Crippen LogP contribution in [0.3, 0.4) is 0 Å². The number of benzene rings is 3. The van der Waals surface area contributed by atoms with E-state index in [4.69, 9.17) is 0 Å². The minimum Gasteiger partial charge on any atom is -0.203 e. The Morgan fingerprint density at radius 1 is 0.769 bits per heavy atom. The Balaban J connectivity index is 1.90. The van der Waals surface area contributed by atoms with E-state index in [1.54, 1.807) is 6.07 Å². The maximum absolute atomic E-state index is 14.5. The Bertz CT molecular complexity index is 956. The van der Waals surface area contributed by atoms with Crippen LogP contribution in [-0.2, 0) is 6.42 Å². The number of aryl methyl sites for hydroxylation is 2. The third-order valence-corrected chi connectivity index (χ3v) is 4.28. The molecule has 130 valence electrons. The minimum absolute atomic E-state index is 0.0643. The lowest BCUT2D eigenvalue weighted by molar-refractivity contribution is 0.509. The topological polar surface area (TPSA) is 0 Å². The summed E-state index contributed by atoms with van der Waals surface area (Å²) in [5.41, 5.74) is 4.07. The van der Waals surface area contributed by atoms with Crippen LogP contribution in [0.5, 0.6) is 0 Å². The normalized spacial score (nSPS) is 10.3. The summed E-state index contributed by atoms with van der Waals surface area (Å²) in [4.78, 5) is 0. The van der Waals surface area contributed by atoms with Crippen LogP contribution in [0.25, 0.3) is 11.1 Å². The van der Waals surface area contributed by atoms with Gasteiger partial charge in [0.25, 0.3) is 0 Å². The van der Waals surface area contributed by atoms with Crippen molar-refractivity contribution in [1.29, 1.82) is 0 Å². The fourth-order valence-corrected chi connectivity index (χ4v) is 2.78. The summed E-state index contributed by atoms with van der Waals surface area (Å²) < 4.78 is 29.0. The van der Waals surface area contributed by atoms with Crippen molar-refractivity contribution in [2.24, 2.45) is 0 Å². The van der Waals surface area contributed by atoms with Crippen LogP contribution >= 0.6 is 0 Å². The zero-order valence-corrected chi connectivity index (χ0v) is 14.9. The van der Waals surface area contributed by atoms with Crippen molar-refractivity contribution in [2.45, 2.75) is 26.7 Å². The highest BCUT2D eigenvalue weighted by Gasteiger charge is 2.13. The molecule has 0 N–H and O–H groups in total. The van der Waals surface area contributed by atoms with Gasteiger partial charge in [-0.3, -0.25) is 0 Å². The molecule has 0 heterocycles. The van der Waals surface area contributed by atoms with Gasteiger partial charge in [-0.25, -0.2) is 8.78 Å². The van der Waals surface area contributed by atoms with Gasteiger partial charge in [-0.2, -0.15) is 0 Å². The molecule has 2 heteroatoms. The van der Waals surface area contributed by atoms with Gasteiger partial charge in [0.05, 0.1) is 5.56 Å². The molecule has 0 amide bonds. The van der Waals surface area contributed by atoms with Crippen LogP contribution in [0.2, 0.25) is 0 Å². The van der Waals surface area contributed by atoms with Gasteiger partial charge in [-0.05, 0) is 48.7 Å². The smallest absolute Gasteiger partial charge is 0.175 e. The van der Waals surface area contributed by atoms with Crippen molar-refractivity contribution in [3.8, 4) is 23.0 Å². The molecule has 0 radical (unpaired) electrons. The summed E-state index contributed by atoms with van der Waals surface area (Å²) in [6.07, 6.45) is 2.03. The first-order chi connectivity index (χ1) is 12.6. The number of halogens is 2. The third-order valence-electron chi connectivity index (χ3n) is 4.28. The van der Waals surface area contributed by atoms with Crippen molar-refractivity contribution in [1.82, 2.24) is 0 Å². The fourth-order valence-electron chi connectivity index (χ4n) is 2.78. The molecular weight excluding hydrogens is 326 g/mol. The zero-order chi connectivity index (χ0) is 18.5. The molecule has 0 saturated heterocycles. The molecule has 0 spiro atoms. The molecule has 0 fully saturated rings. The second-order valence-corrected chi connectivity index (χ2v) is 6.35. The second-order valence-electron chi connectivity index (χ2n) is 6.35. The van der Waals surface area contributed by atoms with Gasteiger partial charge in [0.15, 0.2) is 11.6 Å². The Kier molecular flexibility index (Phi) is 5.49. The molecule has 0 saturated carbocycles. The van der Waals surface area contributed by atoms with E-state index in [0.29, 0.717) is 5.56 Å². The molecule has 3 aromatic carbocycles. The van der Waals surface area contributed by atoms with Gasteiger partial charge in [0.2, 0.25) is 0 Å². The Labute approximate surface area is 153 Å². The van der Waals surface area contributed by atoms with Crippen LogP contribution in [0.4, 0.5) is 8.78 Å². The first kappa shape index (κ1) is 17.9. The van der Waals surface area contributed by atoms with Crippen molar-refractivity contribution in [3.05, 3.63) is 94.6 Å². The second kappa shape index (κ2) is 7.97. The largest absolute Gasteiger partial charge is 0.203 e. The molecule has 3 rings (SSSR count). The van der Waals surface area contributed by atoms with Gasteiger partial charge in [0.1, 0.15) is 0 Å². The molecule has 0 aliphatic rings. The Hall–Kier alpha value is -2.92. The average Bonchev–Trinajstić information content (AvgIpc) is 2.65. The molecule has 0 aliphatic heterocycles. The predicted molar refractivity (Wildman–Crippen MR) is 103 cm³/mol. The summed E-state index contributed by atoms with van der Waals surface area (Å²) in [5.74, 6) is 3.85. The lowest BCUT2D eigenvalue weighted by Gasteiger charge is -2.07. The van der Waals surface area contributed by atoms with Gasteiger partial charge >= 0.3 is 0 Å². The maximum atomic E-state index is 14.5. The van der Waals surface area contributed by atoms with Gasteiger partial charge < -0.3 is 0 Å². The quantitative estimate of drug-likeness (QED) is 0.489. The Morgan fingerprint density at radius 3 is 2.12 bits per heavy atom. The molecule has 0 atom stereocenters. The van der Waals surface area contributed by atoms with Gasteiger partial charge in [0, 0.05) is 11.1 Å². The molecule has 3 aromatic rings. The van der Waals surface area contributed by atoms with Crippen LogP contribution < -0.4 is 0 Å². The van der Waals surface area contributed by atoms with Crippen LogP contribution in [0, 0.1) is 30.4 Å². The van der Waals surface area contributed by atoms with Crippen molar-refractivity contribution >= 4 is 0 Å². The van der Waals surface area contributed by atoms with Crippen molar-refractivity contribution < 1.29 is 8.78 Å². The highest BCUT2D eigenvalue weighted by Crippen LogP contribution is 2.26. The molecule has 0 unspecified atom stereocenters. The summed E-state index contributed by atoms with van der Waals surface area (Å²) in [5, 5.41) is 0. The average molecular weight is 346 g/mol. The van der Waals surface area contributed by atoms with Crippen LogP contribution in [0.1, 0.15) is 35.6 Å². The van der Waals surface area contributed by atoms with E-state index in [9.17, 15) is 8.78 Å². The first-order valence-corrected chi connectivity index (χ1v) is 8.74. The lowest BCUT2D eigenvalue weighted by atomic mass is 10.00. The minimum atomic E-state index is -0.903. The third kappa shape index (κ3) is 4.00. The standard InChI is InChI=1S/C24H20F2/c1-3-4-18-9-12-20(13-10-18)22-16-15-21(23(25)24(22)26)14-11-19-7-5-17(2)6-8-19/h5-10,12-13,15-16H,3-4H2,1-2H3. The lowest BCUT2D eigenvalue weighted by Crippen LogP contribution is -1.94.